The first-order valence-corrected chi connectivity index (χ1v) is 10.2. The van der Waals surface area contributed by atoms with E-state index in [1.807, 2.05) is 6.92 Å². The molecule has 0 radical (unpaired) electrons. The summed E-state index contributed by atoms with van der Waals surface area (Å²) in [6.07, 6.45) is 2.80. The Morgan fingerprint density at radius 3 is 2.38 bits per heavy atom. The fourth-order valence-electron chi connectivity index (χ4n) is 1.30. The first-order valence-electron chi connectivity index (χ1n) is 7.31. The number of hydrogen-bond donors (Lipinski definition) is 3. The second-order valence-corrected chi connectivity index (χ2v) is 8.85. The van der Waals surface area contributed by atoms with Crippen LogP contribution < -0.4 is 15.4 Å². The van der Waals surface area contributed by atoms with Crippen LogP contribution in [-0.2, 0) is 10.0 Å². The molecule has 0 fully saturated rings. The molecule has 0 rings (SSSR count). The highest BCUT2D eigenvalue weighted by Crippen LogP contribution is 2.20. The van der Waals surface area contributed by atoms with E-state index in [4.69, 9.17) is 0 Å². The summed E-state index contributed by atoms with van der Waals surface area (Å²) in [7, 11) is -3.09. The molecule has 126 valence electrons. The average Bonchev–Trinajstić information content (AvgIpc) is 2.44. The lowest BCUT2D eigenvalue weighted by atomic mass is 10.2. The molecule has 0 amide bonds. The fraction of sp³-hybridized carbons (Fsp3) is 0.923. The molecule has 0 aliphatic carbocycles. The van der Waals surface area contributed by atoms with Crippen molar-refractivity contribution in [3.05, 3.63) is 0 Å². The third-order valence-corrected chi connectivity index (χ3v) is 5.50. The van der Waals surface area contributed by atoms with Crippen molar-refractivity contribution in [2.75, 3.05) is 38.2 Å². The quantitative estimate of drug-likeness (QED) is 0.315. The van der Waals surface area contributed by atoms with Gasteiger partial charge in [-0.15, -0.1) is 0 Å². The summed E-state index contributed by atoms with van der Waals surface area (Å²) in [4.78, 5) is 4.55. The molecule has 0 atom stereocenters. The third-order valence-electron chi connectivity index (χ3n) is 2.86. The first kappa shape index (κ1) is 20.5. The van der Waals surface area contributed by atoms with Crippen LogP contribution in [0.15, 0.2) is 4.99 Å². The second kappa shape index (κ2) is 10.3. The van der Waals surface area contributed by atoms with Crippen molar-refractivity contribution in [2.24, 2.45) is 4.99 Å². The van der Waals surface area contributed by atoms with Crippen LogP contribution in [0, 0.1) is 0 Å². The number of guanidine groups is 1. The Morgan fingerprint density at radius 2 is 1.86 bits per heavy atom. The summed E-state index contributed by atoms with van der Waals surface area (Å²) in [5, 5.41) is 6.41. The van der Waals surface area contributed by atoms with Gasteiger partial charge in [-0.2, -0.15) is 11.8 Å². The van der Waals surface area contributed by atoms with Gasteiger partial charge in [0.15, 0.2) is 5.96 Å². The van der Waals surface area contributed by atoms with Crippen LogP contribution in [0.2, 0.25) is 0 Å². The molecule has 0 aliphatic heterocycles. The smallest absolute Gasteiger partial charge is 0.211 e. The molecule has 3 N–H and O–H groups in total. The summed E-state index contributed by atoms with van der Waals surface area (Å²) >= 11 is 1.79. The van der Waals surface area contributed by atoms with Crippen molar-refractivity contribution < 1.29 is 8.42 Å². The topological polar surface area (TPSA) is 82.6 Å². The van der Waals surface area contributed by atoms with Crippen LogP contribution in [0.25, 0.3) is 0 Å². The number of rotatable bonds is 10. The van der Waals surface area contributed by atoms with E-state index in [2.05, 4.69) is 40.5 Å². The Bertz CT molecular complexity index is 408. The van der Waals surface area contributed by atoms with Gasteiger partial charge in [0.05, 0.1) is 12.3 Å². The largest absolute Gasteiger partial charge is 0.357 e. The molecular formula is C13H30N4O2S2. The molecule has 0 aliphatic rings. The maximum Gasteiger partial charge on any atom is 0.211 e. The number of thioether (sulfide) groups is 1. The van der Waals surface area contributed by atoms with Crippen molar-refractivity contribution in [1.82, 2.24) is 15.4 Å². The maximum atomic E-state index is 11.3. The van der Waals surface area contributed by atoms with E-state index in [1.165, 1.54) is 0 Å². The van der Waals surface area contributed by atoms with Gasteiger partial charge in [0.25, 0.3) is 0 Å². The van der Waals surface area contributed by atoms with Gasteiger partial charge in [-0.3, -0.25) is 4.99 Å². The van der Waals surface area contributed by atoms with Crippen molar-refractivity contribution in [2.45, 2.75) is 38.9 Å². The number of hydrogen-bond acceptors (Lipinski definition) is 4. The summed E-state index contributed by atoms with van der Waals surface area (Å²) in [6, 6.07) is 0. The van der Waals surface area contributed by atoms with Gasteiger partial charge in [0.1, 0.15) is 0 Å². The van der Waals surface area contributed by atoms with Gasteiger partial charge in [0.2, 0.25) is 10.0 Å². The monoisotopic (exact) mass is 338 g/mol. The van der Waals surface area contributed by atoms with Crippen molar-refractivity contribution >= 4 is 27.7 Å². The zero-order chi connectivity index (χ0) is 16.4. The van der Waals surface area contributed by atoms with Crippen LogP contribution in [0.5, 0.6) is 0 Å². The second-order valence-electron chi connectivity index (χ2n) is 5.24. The Morgan fingerprint density at radius 1 is 1.19 bits per heavy atom. The minimum absolute atomic E-state index is 0.110. The molecule has 0 heterocycles. The zero-order valence-electron chi connectivity index (χ0n) is 13.8. The van der Waals surface area contributed by atoms with Gasteiger partial charge in [-0.1, -0.05) is 0 Å². The van der Waals surface area contributed by atoms with Crippen LogP contribution >= 0.6 is 11.8 Å². The first-order chi connectivity index (χ1) is 9.76. The molecule has 6 nitrogen and oxygen atoms in total. The highest BCUT2D eigenvalue weighted by molar-refractivity contribution is 7.99. The zero-order valence-corrected chi connectivity index (χ0v) is 15.5. The van der Waals surface area contributed by atoms with Crippen molar-refractivity contribution in [3.63, 3.8) is 0 Å². The summed E-state index contributed by atoms with van der Waals surface area (Å²) in [5.41, 5.74) is 0. The van der Waals surface area contributed by atoms with E-state index in [0.717, 1.165) is 25.5 Å². The van der Waals surface area contributed by atoms with Gasteiger partial charge in [-0.25, -0.2) is 13.1 Å². The van der Waals surface area contributed by atoms with Gasteiger partial charge in [-0.05, 0) is 40.4 Å². The van der Waals surface area contributed by atoms with E-state index in [-0.39, 0.29) is 10.5 Å². The third kappa shape index (κ3) is 10.8. The Balaban J connectivity index is 4.13. The van der Waals surface area contributed by atoms with Gasteiger partial charge >= 0.3 is 0 Å². The molecule has 0 bridgehead atoms. The summed E-state index contributed by atoms with van der Waals surface area (Å²) in [6.45, 7) is 10.6. The number of nitrogens with one attached hydrogen (secondary N) is 3. The molecule has 0 aromatic rings. The lowest BCUT2D eigenvalue weighted by Crippen LogP contribution is -2.39. The van der Waals surface area contributed by atoms with Gasteiger partial charge in [0, 0.05) is 24.4 Å². The van der Waals surface area contributed by atoms with Crippen LogP contribution in [0.4, 0.5) is 0 Å². The predicted molar refractivity (Wildman–Crippen MR) is 93.7 cm³/mol. The highest BCUT2D eigenvalue weighted by atomic mass is 32.2. The Kier molecular flexibility index (Phi) is 10.1. The number of aliphatic imine (C=N–C) groups is 1. The molecular weight excluding hydrogens is 308 g/mol. The Labute approximate surface area is 134 Å². The van der Waals surface area contributed by atoms with E-state index < -0.39 is 10.0 Å². The van der Waals surface area contributed by atoms with E-state index >= 15 is 0 Å². The minimum Gasteiger partial charge on any atom is -0.357 e. The SMILES string of the molecule is CCNC(=NCC(C)(C)SC)NCCCNS(=O)(=O)CC. The molecule has 8 heteroatoms. The lowest BCUT2D eigenvalue weighted by Gasteiger charge is -2.20. The number of nitrogens with zero attached hydrogens (tertiary/aromatic N) is 1. The molecule has 0 aromatic heterocycles. The van der Waals surface area contributed by atoms with Gasteiger partial charge < -0.3 is 10.6 Å². The van der Waals surface area contributed by atoms with Crippen LogP contribution in [0.3, 0.4) is 0 Å². The molecule has 0 saturated carbocycles. The summed E-state index contributed by atoms with van der Waals surface area (Å²) in [5.74, 6) is 0.895. The van der Waals surface area contributed by atoms with Crippen LogP contribution in [0.1, 0.15) is 34.1 Å². The van der Waals surface area contributed by atoms with Crippen molar-refractivity contribution in [3.8, 4) is 0 Å². The maximum absolute atomic E-state index is 11.3. The lowest BCUT2D eigenvalue weighted by molar-refractivity contribution is 0.579. The number of sulfonamides is 1. The normalized spacial score (nSPS) is 13.3. The van der Waals surface area contributed by atoms with Crippen LogP contribution in [-0.4, -0.2) is 57.3 Å². The molecule has 0 saturated heterocycles. The average molecular weight is 339 g/mol. The molecule has 0 aromatic carbocycles. The van der Waals surface area contributed by atoms with E-state index in [1.54, 1.807) is 18.7 Å². The van der Waals surface area contributed by atoms with Crippen molar-refractivity contribution in [1.29, 1.82) is 0 Å². The standard InChI is InChI=1S/C13H30N4O2S2/c1-6-14-12(16-11-13(3,4)20-5)15-9-8-10-17-21(18,19)7-2/h17H,6-11H2,1-5H3,(H2,14,15,16). The van der Waals surface area contributed by atoms with E-state index in [9.17, 15) is 8.42 Å². The molecule has 0 unspecified atom stereocenters. The molecule has 21 heavy (non-hydrogen) atoms. The highest BCUT2D eigenvalue weighted by Gasteiger charge is 2.15. The molecule has 0 spiro atoms. The fourth-order valence-corrected chi connectivity index (χ4v) is 2.15. The van der Waals surface area contributed by atoms with E-state index in [0.29, 0.717) is 13.1 Å². The minimum atomic E-state index is -3.09. The summed E-state index contributed by atoms with van der Waals surface area (Å²) < 4.78 is 25.2. The Hall–Kier alpha value is -0.470. The predicted octanol–water partition coefficient (Wildman–Crippen LogP) is 1.01.